The molecular weight excluding hydrogens is 190 g/mol. The molecule has 5 heteroatoms. The molecule has 4 nitrogen and oxygen atoms in total. The summed E-state index contributed by atoms with van der Waals surface area (Å²) in [7, 11) is 0. The summed E-state index contributed by atoms with van der Waals surface area (Å²) in [6.07, 6.45) is 1.36. The highest BCUT2D eigenvalue weighted by Crippen LogP contribution is 1.97. The highest BCUT2D eigenvalue weighted by molar-refractivity contribution is 7.99. The molecule has 0 aliphatic heterocycles. The summed E-state index contributed by atoms with van der Waals surface area (Å²) >= 11 is 1.24. The Morgan fingerprint density at radius 3 is 2.62 bits per heavy atom. The van der Waals surface area contributed by atoms with Crippen LogP contribution >= 0.6 is 11.8 Å². The fourth-order valence-corrected chi connectivity index (χ4v) is 1.29. The van der Waals surface area contributed by atoms with Crippen LogP contribution < -0.4 is 5.32 Å². The molecule has 0 heterocycles. The van der Waals surface area contributed by atoms with E-state index in [2.05, 4.69) is 5.32 Å². The van der Waals surface area contributed by atoms with Crippen molar-refractivity contribution in [3.63, 3.8) is 0 Å². The minimum absolute atomic E-state index is 0.0103. The van der Waals surface area contributed by atoms with Crippen LogP contribution in [0.1, 0.15) is 19.8 Å². The molecule has 0 aromatic carbocycles. The largest absolute Gasteiger partial charge is 0.365 e. The normalized spacial score (nSPS) is 9.62. The third-order valence-corrected chi connectivity index (χ3v) is 2.20. The van der Waals surface area contributed by atoms with Gasteiger partial charge >= 0.3 is 5.97 Å². The van der Waals surface area contributed by atoms with Crippen LogP contribution in [-0.2, 0) is 14.7 Å². The molecule has 1 amide bonds. The molecule has 0 aromatic heterocycles. The average molecular weight is 204 g/mol. The molecule has 13 heavy (non-hydrogen) atoms. The monoisotopic (exact) mass is 204 g/mol. The van der Waals surface area contributed by atoms with E-state index >= 15 is 0 Å². The third-order valence-electron chi connectivity index (χ3n) is 1.27. The number of rotatable bonds is 7. The van der Waals surface area contributed by atoms with Gasteiger partial charge in [0.1, 0.15) is 0 Å². The summed E-state index contributed by atoms with van der Waals surface area (Å²) < 4.78 is 0. The molecule has 0 rings (SSSR count). The zero-order chi connectivity index (χ0) is 10.1. The lowest BCUT2D eigenvalue weighted by molar-refractivity contribution is -0.139. The van der Waals surface area contributed by atoms with Gasteiger partial charge in [0.2, 0.25) is 5.91 Å². The average Bonchev–Trinajstić information content (AvgIpc) is 2.03. The van der Waals surface area contributed by atoms with Crippen LogP contribution in [0.2, 0.25) is 0 Å². The summed E-state index contributed by atoms with van der Waals surface area (Å²) in [6.45, 7) is 2.46. The van der Waals surface area contributed by atoms with Gasteiger partial charge in [0.05, 0.1) is 5.75 Å². The standard InChI is InChI=1S/C8H14NO3S/c1-2-3-7(10)9-4-5-13-6-8(11)12/h2-6H2,1H3,(H,9,10). The molecule has 75 valence electrons. The second-order valence-corrected chi connectivity index (χ2v) is 3.63. The zero-order valence-electron chi connectivity index (χ0n) is 7.67. The first-order valence-corrected chi connectivity index (χ1v) is 5.36. The quantitative estimate of drug-likeness (QED) is 0.617. The van der Waals surface area contributed by atoms with Gasteiger partial charge in [-0.15, -0.1) is 11.8 Å². The molecule has 1 radical (unpaired) electrons. The van der Waals surface area contributed by atoms with Crippen LogP contribution in [-0.4, -0.2) is 29.9 Å². The van der Waals surface area contributed by atoms with E-state index in [0.29, 0.717) is 18.7 Å². The Morgan fingerprint density at radius 1 is 1.38 bits per heavy atom. The molecule has 0 aliphatic carbocycles. The van der Waals surface area contributed by atoms with Crippen LogP contribution in [0.15, 0.2) is 0 Å². The first-order chi connectivity index (χ1) is 6.16. The number of hydrogen-bond donors (Lipinski definition) is 1. The van der Waals surface area contributed by atoms with Crippen LogP contribution in [0.25, 0.3) is 0 Å². The summed E-state index contributed by atoms with van der Waals surface area (Å²) in [4.78, 5) is 20.9. The van der Waals surface area contributed by atoms with Gasteiger partial charge in [0.25, 0.3) is 0 Å². The van der Waals surface area contributed by atoms with E-state index in [-0.39, 0.29) is 11.7 Å². The van der Waals surface area contributed by atoms with Gasteiger partial charge in [0.15, 0.2) is 0 Å². The number of carbonyl (C=O) groups is 2. The summed E-state index contributed by atoms with van der Waals surface area (Å²) in [5.74, 6) is -0.436. The van der Waals surface area contributed by atoms with E-state index in [4.69, 9.17) is 0 Å². The number of nitrogens with one attached hydrogen (secondary N) is 1. The molecular formula is C8H14NO3S. The van der Waals surface area contributed by atoms with E-state index in [1.54, 1.807) is 0 Å². The Kier molecular flexibility index (Phi) is 7.48. The molecule has 0 fully saturated rings. The lowest BCUT2D eigenvalue weighted by atomic mass is 10.3. The van der Waals surface area contributed by atoms with Crippen molar-refractivity contribution in [3.05, 3.63) is 0 Å². The summed E-state index contributed by atoms with van der Waals surface area (Å²) in [5.41, 5.74) is 0. The maximum Gasteiger partial charge on any atom is 0.365 e. The molecule has 0 aromatic rings. The maximum absolute atomic E-state index is 10.9. The number of amides is 1. The minimum atomic E-state index is -1.06. The van der Waals surface area contributed by atoms with Crippen molar-refractivity contribution in [2.75, 3.05) is 18.1 Å². The van der Waals surface area contributed by atoms with Gasteiger partial charge in [-0.2, -0.15) is 0 Å². The van der Waals surface area contributed by atoms with Crippen LogP contribution in [0, 0.1) is 0 Å². The molecule has 0 atom stereocenters. The predicted octanol–water partition coefficient (Wildman–Crippen LogP) is 0.593. The van der Waals surface area contributed by atoms with E-state index < -0.39 is 5.97 Å². The fourth-order valence-electron chi connectivity index (χ4n) is 0.734. The fraction of sp³-hybridized carbons (Fsp3) is 0.750. The van der Waals surface area contributed by atoms with Crippen molar-refractivity contribution >= 4 is 23.6 Å². The smallest absolute Gasteiger partial charge is 0.355 e. The lowest BCUT2D eigenvalue weighted by Crippen LogP contribution is -2.25. The Bertz CT molecular complexity index is 173. The molecule has 0 saturated heterocycles. The maximum atomic E-state index is 10.9. The van der Waals surface area contributed by atoms with Crippen molar-refractivity contribution in [2.24, 2.45) is 0 Å². The first kappa shape index (κ1) is 12.3. The first-order valence-electron chi connectivity index (χ1n) is 4.21. The van der Waals surface area contributed by atoms with Crippen LogP contribution in [0.5, 0.6) is 0 Å². The van der Waals surface area contributed by atoms with E-state index in [9.17, 15) is 14.7 Å². The molecule has 0 saturated carbocycles. The Morgan fingerprint density at radius 2 is 2.08 bits per heavy atom. The highest BCUT2D eigenvalue weighted by Gasteiger charge is 2.00. The Labute approximate surface area is 82.1 Å². The van der Waals surface area contributed by atoms with E-state index in [1.807, 2.05) is 6.92 Å². The molecule has 0 spiro atoms. The van der Waals surface area contributed by atoms with Crippen LogP contribution in [0.3, 0.4) is 0 Å². The molecule has 0 aliphatic rings. The topological polar surface area (TPSA) is 66.1 Å². The second kappa shape index (κ2) is 7.91. The van der Waals surface area contributed by atoms with Crippen molar-refractivity contribution < 1.29 is 14.7 Å². The van der Waals surface area contributed by atoms with E-state index in [1.165, 1.54) is 11.8 Å². The number of carbonyl (C=O) groups excluding carboxylic acids is 2. The van der Waals surface area contributed by atoms with Crippen molar-refractivity contribution in [1.82, 2.24) is 5.32 Å². The molecule has 0 bridgehead atoms. The van der Waals surface area contributed by atoms with Crippen molar-refractivity contribution in [2.45, 2.75) is 19.8 Å². The van der Waals surface area contributed by atoms with Crippen molar-refractivity contribution in [1.29, 1.82) is 0 Å². The van der Waals surface area contributed by atoms with Crippen LogP contribution in [0.4, 0.5) is 0 Å². The minimum Gasteiger partial charge on any atom is -0.355 e. The van der Waals surface area contributed by atoms with Gasteiger partial charge in [-0.3, -0.25) is 4.79 Å². The number of hydrogen-bond acceptors (Lipinski definition) is 3. The lowest BCUT2D eigenvalue weighted by Gasteiger charge is -2.02. The SMILES string of the molecule is CCCC(=O)NCCSCC([O])=O. The molecule has 0 unspecified atom stereocenters. The van der Waals surface area contributed by atoms with Gasteiger partial charge in [0, 0.05) is 18.7 Å². The summed E-state index contributed by atoms with van der Waals surface area (Å²) in [5, 5.41) is 12.7. The van der Waals surface area contributed by atoms with Gasteiger partial charge in [-0.25, -0.2) is 9.90 Å². The highest BCUT2D eigenvalue weighted by atomic mass is 32.2. The third kappa shape index (κ3) is 9.20. The Hall–Kier alpha value is -0.710. The van der Waals surface area contributed by atoms with Gasteiger partial charge in [-0.05, 0) is 6.42 Å². The predicted molar refractivity (Wildman–Crippen MR) is 50.9 cm³/mol. The second-order valence-electron chi connectivity index (χ2n) is 2.52. The zero-order valence-corrected chi connectivity index (χ0v) is 8.49. The van der Waals surface area contributed by atoms with E-state index in [0.717, 1.165) is 6.42 Å². The molecule has 1 N–H and O–H groups in total. The number of thioether (sulfide) groups is 1. The van der Waals surface area contributed by atoms with Gasteiger partial charge in [-0.1, -0.05) is 6.92 Å². The van der Waals surface area contributed by atoms with Gasteiger partial charge < -0.3 is 5.32 Å². The summed E-state index contributed by atoms with van der Waals surface area (Å²) in [6, 6.07) is 0. The van der Waals surface area contributed by atoms with Crippen molar-refractivity contribution in [3.8, 4) is 0 Å². The Balaban J connectivity index is 3.16.